The van der Waals surface area contributed by atoms with Crippen molar-refractivity contribution in [3.8, 4) is 5.75 Å². The van der Waals surface area contributed by atoms with Gasteiger partial charge in [-0.1, -0.05) is 6.92 Å². The van der Waals surface area contributed by atoms with E-state index in [1.807, 2.05) is 6.92 Å². The molecule has 3 aliphatic carbocycles. The van der Waals surface area contributed by atoms with E-state index in [4.69, 9.17) is 10.5 Å². The van der Waals surface area contributed by atoms with Crippen molar-refractivity contribution in [2.45, 2.75) is 43.1 Å². The molecule has 4 aliphatic rings. The molecule has 1 fully saturated rings. The lowest BCUT2D eigenvalue weighted by Crippen LogP contribution is -2.58. The molecule has 32 heavy (non-hydrogen) atoms. The first kappa shape index (κ1) is 20.9. The van der Waals surface area contributed by atoms with E-state index in [-0.39, 0.29) is 29.2 Å². The number of primary amides is 1. The van der Waals surface area contributed by atoms with Gasteiger partial charge in [0, 0.05) is 17.7 Å². The molecule has 5 rings (SSSR count). The third kappa shape index (κ3) is 2.17. The van der Waals surface area contributed by atoms with E-state index in [1.165, 1.54) is 6.20 Å². The molecular formula is C22H25N3O7. The van der Waals surface area contributed by atoms with E-state index in [0.717, 1.165) is 0 Å². The molecule has 170 valence electrons. The van der Waals surface area contributed by atoms with Gasteiger partial charge in [-0.05, 0) is 44.3 Å². The second-order valence-corrected chi connectivity index (χ2v) is 9.19. The predicted octanol–water partition coefficient (Wildman–Crippen LogP) is 0.624. The molecule has 6 atom stereocenters. The summed E-state index contributed by atoms with van der Waals surface area (Å²) in [6.07, 6.45) is 3.60. The Morgan fingerprint density at radius 2 is 2.00 bits per heavy atom. The van der Waals surface area contributed by atoms with Gasteiger partial charge in [-0.2, -0.15) is 0 Å². The number of rotatable bonds is 3. The Bertz CT molecular complexity index is 1140. The summed E-state index contributed by atoms with van der Waals surface area (Å²) in [4.78, 5) is 31.3. The van der Waals surface area contributed by atoms with Gasteiger partial charge in [0.25, 0.3) is 5.91 Å². The minimum absolute atomic E-state index is 0.0424. The summed E-state index contributed by atoms with van der Waals surface area (Å²) in [7, 11) is 3.38. The van der Waals surface area contributed by atoms with Crippen LogP contribution in [-0.2, 0) is 9.53 Å². The zero-order chi connectivity index (χ0) is 23.3. The SMILES string of the molecule is CC[C@H]1c2cncc(O)c2C(=O)C2=C(O)[C@]34OC3(O)C(C(N)=O)=C(O)[C@@H](N(C)C)[C@@H]4C[C@@H]21. The highest BCUT2D eigenvalue weighted by atomic mass is 16.8. The van der Waals surface area contributed by atoms with Crippen LogP contribution in [0.3, 0.4) is 0 Å². The van der Waals surface area contributed by atoms with E-state index < -0.39 is 58.0 Å². The van der Waals surface area contributed by atoms with Crippen molar-refractivity contribution in [1.82, 2.24) is 9.88 Å². The highest BCUT2D eigenvalue weighted by Gasteiger charge is 2.84. The minimum atomic E-state index is -2.34. The van der Waals surface area contributed by atoms with E-state index in [2.05, 4.69) is 4.98 Å². The number of epoxide rings is 1. The molecule has 2 heterocycles. The van der Waals surface area contributed by atoms with Crippen LogP contribution in [0.25, 0.3) is 0 Å². The lowest BCUT2D eigenvalue weighted by atomic mass is 9.57. The first-order valence-electron chi connectivity index (χ1n) is 10.5. The van der Waals surface area contributed by atoms with Gasteiger partial charge in [0.1, 0.15) is 22.8 Å². The van der Waals surface area contributed by atoms with Gasteiger partial charge in [0.05, 0.1) is 17.8 Å². The van der Waals surface area contributed by atoms with Crippen molar-refractivity contribution >= 4 is 11.7 Å². The second kappa shape index (κ2) is 6.31. The van der Waals surface area contributed by atoms with E-state index in [0.29, 0.717) is 12.0 Å². The summed E-state index contributed by atoms with van der Waals surface area (Å²) in [5, 5.41) is 44.0. The van der Waals surface area contributed by atoms with Gasteiger partial charge in [-0.3, -0.25) is 19.5 Å². The molecule has 0 bridgehead atoms. The Morgan fingerprint density at radius 3 is 2.59 bits per heavy atom. The molecule has 0 saturated carbocycles. The average Bonchev–Trinajstić information content (AvgIpc) is 3.33. The van der Waals surface area contributed by atoms with Crippen molar-refractivity contribution < 1.29 is 34.8 Å². The zero-order valence-electron chi connectivity index (χ0n) is 17.9. The number of ether oxygens (including phenoxy) is 1. The molecule has 1 aliphatic heterocycles. The van der Waals surface area contributed by atoms with Gasteiger partial charge in [-0.25, -0.2) is 0 Å². The van der Waals surface area contributed by atoms with Crippen LogP contribution < -0.4 is 5.73 Å². The monoisotopic (exact) mass is 443 g/mol. The normalized spacial score (nSPS) is 37.6. The number of Topliss-reactive ketones (excluding diaryl/α,β-unsaturated/α-hetero) is 1. The Hall–Kier alpha value is -2.95. The largest absolute Gasteiger partial charge is 0.510 e. The number of carbonyl (C=O) groups excluding carboxylic acids is 2. The van der Waals surface area contributed by atoms with E-state index in [9.17, 15) is 30.0 Å². The molecule has 6 N–H and O–H groups in total. The molecule has 1 unspecified atom stereocenters. The lowest BCUT2D eigenvalue weighted by molar-refractivity contribution is -0.117. The number of likely N-dealkylation sites (N-methyl/N-ethyl adjacent to an activating group) is 1. The number of hydrogen-bond donors (Lipinski definition) is 5. The Balaban J connectivity index is 1.78. The lowest BCUT2D eigenvalue weighted by Gasteiger charge is -2.47. The summed E-state index contributed by atoms with van der Waals surface area (Å²) in [5.41, 5.74) is 3.84. The number of nitrogens with two attached hydrogens (primary N) is 1. The number of hydrogen-bond acceptors (Lipinski definition) is 9. The van der Waals surface area contributed by atoms with Crippen LogP contribution in [0.4, 0.5) is 0 Å². The van der Waals surface area contributed by atoms with Gasteiger partial charge in [0.2, 0.25) is 5.79 Å². The van der Waals surface area contributed by atoms with Crippen molar-refractivity contribution in [3.63, 3.8) is 0 Å². The van der Waals surface area contributed by atoms with Crippen LogP contribution in [0.5, 0.6) is 5.75 Å². The van der Waals surface area contributed by atoms with Crippen LogP contribution in [0.15, 0.2) is 35.1 Å². The van der Waals surface area contributed by atoms with Crippen molar-refractivity contribution in [1.29, 1.82) is 0 Å². The summed E-state index contributed by atoms with van der Waals surface area (Å²) < 4.78 is 5.65. The van der Waals surface area contributed by atoms with Crippen molar-refractivity contribution in [2.75, 3.05) is 14.1 Å². The number of aromatic nitrogens is 1. The first-order chi connectivity index (χ1) is 15.0. The van der Waals surface area contributed by atoms with Crippen molar-refractivity contribution in [2.24, 2.45) is 17.6 Å². The van der Waals surface area contributed by atoms with E-state index in [1.54, 1.807) is 25.2 Å². The highest BCUT2D eigenvalue weighted by molar-refractivity contribution is 6.14. The van der Waals surface area contributed by atoms with Gasteiger partial charge < -0.3 is 30.9 Å². The molecule has 0 aromatic carbocycles. The number of aliphatic hydroxyl groups is 3. The molecule has 1 amide bonds. The average molecular weight is 443 g/mol. The summed E-state index contributed by atoms with van der Waals surface area (Å²) >= 11 is 0. The molecule has 10 heteroatoms. The molecular weight excluding hydrogens is 418 g/mol. The summed E-state index contributed by atoms with van der Waals surface area (Å²) in [5.74, 6) is -6.55. The molecule has 1 saturated heterocycles. The first-order valence-corrected chi connectivity index (χ1v) is 10.5. The van der Waals surface area contributed by atoms with Gasteiger partial charge >= 0.3 is 0 Å². The predicted molar refractivity (Wildman–Crippen MR) is 110 cm³/mol. The van der Waals surface area contributed by atoms with Crippen LogP contribution in [-0.4, -0.2) is 73.5 Å². The number of fused-ring (bicyclic) bond motifs is 2. The minimum Gasteiger partial charge on any atom is -0.510 e. The third-order valence-corrected chi connectivity index (χ3v) is 7.59. The van der Waals surface area contributed by atoms with Crippen molar-refractivity contribution in [3.05, 3.63) is 46.2 Å². The third-order valence-electron chi connectivity index (χ3n) is 7.59. The number of allylic oxidation sites excluding steroid dienone is 1. The number of pyridine rings is 1. The molecule has 0 radical (unpaired) electrons. The topological polar surface area (TPSA) is 170 Å². The maximum atomic E-state index is 13.5. The number of ketones is 1. The van der Waals surface area contributed by atoms with Gasteiger partial charge in [-0.15, -0.1) is 0 Å². The number of aromatic hydroxyl groups is 1. The van der Waals surface area contributed by atoms with Crippen LogP contribution in [0.1, 0.15) is 41.6 Å². The fraction of sp³-hybridized carbons (Fsp3) is 0.500. The quantitative estimate of drug-likeness (QED) is 0.420. The van der Waals surface area contributed by atoms with E-state index >= 15 is 0 Å². The maximum Gasteiger partial charge on any atom is 0.253 e. The number of nitrogens with zero attached hydrogens (tertiary/aromatic N) is 2. The molecule has 1 aromatic rings. The number of carbonyl (C=O) groups is 2. The fourth-order valence-corrected chi connectivity index (χ4v) is 6.34. The Morgan fingerprint density at radius 1 is 1.31 bits per heavy atom. The molecule has 1 aromatic heterocycles. The van der Waals surface area contributed by atoms with Gasteiger partial charge in [0.15, 0.2) is 11.4 Å². The standard InChI is InChI=1S/C22H25N3O7/c1-4-8-9-5-11-16(25(2)3)18(28)15(20(23)30)22(31)21(11,32-22)19(29)14(9)17(27)13-10(8)6-24-7-12(13)26/h6-9,11,16,26,28-29,31H,4-5H2,1-3H3,(H2,23,30)/t8-,9-,11+,16+,21+,22?/m1/s1. The Kier molecular flexibility index (Phi) is 4.12. The van der Waals surface area contributed by atoms with Crippen LogP contribution >= 0.6 is 0 Å². The molecule has 1 spiro atoms. The highest BCUT2D eigenvalue weighted by Crippen LogP contribution is 2.69. The fourth-order valence-electron chi connectivity index (χ4n) is 6.34. The summed E-state index contributed by atoms with van der Waals surface area (Å²) in [6.45, 7) is 1.93. The maximum absolute atomic E-state index is 13.5. The van der Waals surface area contributed by atoms with Crippen LogP contribution in [0, 0.1) is 11.8 Å². The number of aliphatic hydroxyl groups excluding tert-OH is 2. The second-order valence-electron chi connectivity index (χ2n) is 9.19. The van der Waals surface area contributed by atoms with Crippen LogP contribution in [0.2, 0.25) is 0 Å². The number of amides is 1. The zero-order valence-corrected chi connectivity index (χ0v) is 17.9. The smallest absolute Gasteiger partial charge is 0.253 e. The molecule has 10 nitrogen and oxygen atoms in total. The summed E-state index contributed by atoms with van der Waals surface area (Å²) in [6, 6.07) is -0.791. The Labute approximate surface area is 183 Å².